The number of aromatic nitrogens is 4. The molecule has 0 bridgehead atoms. The average molecular weight is 1070 g/mol. The number of fused-ring (bicyclic) bond motifs is 20. The molecule has 2 N–H and O–H groups in total. The van der Waals surface area contributed by atoms with Crippen molar-refractivity contribution in [3.05, 3.63) is 267 Å². The molecule has 0 saturated heterocycles. The largest absolute Gasteiger partial charge is 0.456 e. The van der Waals surface area contributed by atoms with Crippen LogP contribution in [0.15, 0.2) is 276 Å². The van der Waals surface area contributed by atoms with Crippen molar-refractivity contribution in [1.29, 1.82) is 0 Å². The molecule has 6 heteroatoms. The summed E-state index contributed by atoms with van der Waals surface area (Å²) in [5.41, 5.74) is 24.0. The number of benzene rings is 13. The SMILES string of the molecule is c1ccc(-c2cccc(-n3c4ccccc4c4c5c(ccc43)[nH]c3cccc(-c4cccc6oc7cc(-c8cccc(-n9c%10ccccc%10c%10c%11c(ccc%109)[nH]c9cccc(-c%10ccc%12oc%13ccccc%13c%12c%10)c9%11)c8)ccc7c46)c35)c2)cc1. The molecule has 0 aliphatic carbocycles. The highest BCUT2D eigenvalue weighted by Crippen LogP contribution is 2.48. The summed E-state index contributed by atoms with van der Waals surface area (Å²) in [4.78, 5) is 7.68. The topological polar surface area (TPSA) is 67.7 Å². The van der Waals surface area contributed by atoms with Gasteiger partial charge in [-0.05, 0) is 154 Å². The number of rotatable bonds is 6. The van der Waals surface area contributed by atoms with Crippen LogP contribution in [-0.2, 0) is 0 Å². The van der Waals surface area contributed by atoms with E-state index in [0.29, 0.717) is 0 Å². The van der Waals surface area contributed by atoms with Gasteiger partial charge in [-0.2, -0.15) is 0 Å². The predicted octanol–water partition coefficient (Wildman–Crippen LogP) is 21.6. The van der Waals surface area contributed by atoms with E-state index in [2.05, 4.69) is 274 Å². The Hall–Kier alpha value is -11.3. The predicted molar refractivity (Wildman–Crippen MR) is 350 cm³/mol. The Morgan fingerprint density at radius 1 is 0.226 bits per heavy atom. The van der Waals surface area contributed by atoms with Crippen LogP contribution in [0.2, 0.25) is 0 Å². The molecule has 6 heterocycles. The molecule has 13 aromatic carbocycles. The van der Waals surface area contributed by atoms with Crippen molar-refractivity contribution in [2.45, 2.75) is 0 Å². The van der Waals surface area contributed by atoms with Gasteiger partial charge in [-0.25, -0.2) is 0 Å². The lowest BCUT2D eigenvalue weighted by Gasteiger charge is -2.11. The number of para-hydroxylation sites is 3. The van der Waals surface area contributed by atoms with E-state index >= 15 is 0 Å². The first-order valence-electron chi connectivity index (χ1n) is 28.7. The fourth-order valence-electron chi connectivity index (χ4n) is 14.4. The molecular formula is C78H46N4O2. The highest BCUT2D eigenvalue weighted by atomic mass is 16.3. The van der Waals surface area contributed by atoms with Crippen LogP contribution in [0.1, 0.15) is 0 Å². The average Bonchev–Trinajstić information content (AvgIpc) is 2.03. The standard InChI is InChI=1S/C78H46N4O2/c1-2-15-45(16-3-1)46-17-10-19-50(41-46)81-65-30-8-5-23-57(65)76-67(81)39-37-63-78(76)74-55(25-13-28-61(74)80-63)54-26-14-32-70-72(54)58-35-33-48(44-71(58)84-70)47-18-11-20-51(42-47)82-64-29-7-4-22-56(64)75-66(82)38-36-62-77(75)73-52(24-12-27-60(73)79-62)49-34-40-69-59(43-49)53-21-6-9-31-68(53)83-69/h1-44,79-80H. The molecule has 0 aliphatic heterocycles. The molecule has 0 fully saturated rings. The van der Waals surface area contributed by atoms with E-state index in [1.54, 1.807) is 0 Å². The molecule has 0 spiro atoms. The first-order chi connectivity index (χ1) is 41.6. The summed E-state index contributed by atoms with van der Waals surface area (Å²) in [5, 5.41) is 14.2. The summed E-state index contributed by atoms with van der Waals surface area (Å²) in [5.74, 6) is 0. The minimum absolute atomic E-state index is 0.851. The van der Waals surface area contributed by atoms with E-state index in [9.17, 15) is 0 Å². The molecule has 6 nitrogen and oxygen atoms in total. The van der Waals surface area contributed by atoms with Crippen LogP contribution in [0.5, 0.6) is 0 Å². The van der Waals surface area contributed by atoms with Gasteiger partial charge in [0.1, 0.15) is 22.3 Å². The molecule has 0 aliphatic rings. The van der Waals surface area contributed by atoms with E-state index < -0.39 is 0 Å². The van der Waals surface area contributed by atoms with Gasteiger partial charge < -0.3 is 27.9 Å². The van der Waals surface area contributed by atoms with E-state index in [1.165, 1.54) is 70.8 Å². The van der Waals surface area contributed by atoms with Gasteiger partial charge >= 0.3 is 0 Å². The normalized spacial score (nSPS) is 12.3. The molecule has 0 radical (unpaired) electrons. The van der Waals surface area contributed by atoms with Gasteiger partial charge in [-0.15, -0.1) is 0 Å². The molecule has 390 valence electrons. The van der Waals surface area contributed by atoms with Gasteiger partial charge in [0.25, 0.3) is 0 Å². The number of nitrogens with one attached hydrogen (secondary N) is 2. The highest BCUT2D eigenvalue weighted by Gasteiger charge is 2.24. The van der Waals surface area contributed by atoms with E-state index in [-0.39, 0.29) is 0 Å². The van der Waals surface area contributed by atoms with E-state index in [4.69, 9.17) is 8.83 Å². The molecule has 0 atom stereocenters. The Morgan fingerprint density at radius 2 is 0.714 bits per heavy atom. The van der Waals surface area contributed by atoms with Crippen LogP contribution in [0.25, 0.3) is 187 Å². The van der Waals surface area contributed by atoms with Crippen molar-refractivity contribution in [2.24, 2.45) is 0 Å². The summed E-state index contributed by atoms with van der Waals surface area (Å²) in [7, 11) is 0. The second kappa shape index (κ2) is 17.1. The lowest BCUT2D eigenvalue weighted by molar-refractivity contribution is 0.668. The van der Waals surface area contributed by atoms with Crippen molar-refractivity contribution in [2.75, 3.05) is 0 Å². The Labute approximate surface area is 479 Å². The monoisotopic (exact) mass is 1070 g/mol. The van der Waals surface area contributed by atoms with Crippen LogP contribution in [0.4, 0.5) is 0 Å². The first-order valence-corrected chi connectivity index (χ1v) is 28.7. The maximum atomic E-state index is 6.92. The van der Waals surface area contributed by atoms with Crippen molar-refractivity contribution in [1.82, 2.24) is 19.1 Å². The number of nitrogens with zero attached hydrogens (tertiary/aromatic N) is 2. The Morgan fingerprint density at radius 3 is 1.40 bits per heavy atom. The molecule has 19 rings (SSSR count). The summed E-state index contributed by atoms with van der Waals surface area (Å²) in [6.07, 6.45) is 0. The van der Waals surface area contributed by atoms with E-state index in [1.807, 2.05) is 12.1 Å². The third kappa shape index (κ3) is 6.39. The van der Waals surface area contributed by atoms with Gasteiger partial charge in [-0.1, -0.05) is 158 Å². The molecular weight excluding hydrogens is 1020 g/mol. The number of hydrogen-bond acceptors (Lipinski definition) is 2. The smallest absolute Gasteiger partial charge is 0.136 e. The second-order valence-corrected chi connectivity index (χ2v) is 22.4. The third-order valence-electron chi connectivity index (χ3n) is 18.0. The van der Waals surface area contributed by atoms with Gasteiger partial charge in [0.2, 0.25) is 0 Å². The second-order valence-electron chi connectivity index (χ2n) is 22.4. The zero-order valence-electron chi connectivity index (χ0n) is 45.1. The molecule has 0 amide bonds. The number of hydrogen-bond donors (Lipinski definition) is 2. The maximum Gasteiger partial charge on any atom is 0.136 e. The maximum absolute atomic E-state index is 6.92. The summed E-state index contributed by atoms with van der Waals surface area (Å²) >= 11 is 0. The molecule has 84 heavy (non-hydrogen) atoms. The summed E-state index contributed by atoms with van der Waals surface area (Å²) in [6.45, 7) is 0. The first kappa shape index (κ1) is 45.4. The number of furan rings is 2. The fraction of sp³-hybridized carbons (Fsp3) is 0. The summed E-state index contributed by atoms with van der Waals surface area (Å²) in [6, 6.07) is 96.7. The van der Waals surface area contributed by atoms with E-state index in [0.717, 1.165) is 116 Å². The Balaban J connectivity index is 0.748. The van der Waals surface area contributed by atoms with Crippen LogP contribution in [0.3, 0.4) is 0 Å². The molecule has 0 saturated carbocycles. The molecule has 6 aromatic heterocycles. The van der Waals surface area contributed by atoms with Crippen LogP contribution in [0, 0.1) is 0 Å². The zero-order chi connectivity index (χ0) is 54.7. The van der Waals surface area contributed by atoms with Gasteiger partial charge in [-0.3, -0.25) is 0 Å². The van der Waals surface area contributed by atoms with Crippen molar-refractivity contribution in [3.8, 4) is 55.9 Å². The summed E-state index contributed by atoms with van der Waals surface area (Å²) < 4.78 is 18.1. The highest BCUT2D eigenvalue weighted by molar-refractivity contribution is 6.33. The minimum atomic E-state index is 0.851. The fourth-order valence-corrected chi connectivity index (χ4v) is 14.4. The lowest BCUT2D eigenvalue weighted by Crippen LogP contribution is -1.94. The quantitative estimate of drug-likeness (QED) is 0.174. The Bertz CT molecular complexity index is 6000. The van der Waals surface area contributed by atoms with Crippen LogP contribution in [-0.4, -0.2) is 19.1 Å². The van der Waals surface area contributed by atoms with Crippen LogP contribution >= 0.6 is 0 Å². The zero-order valence-corrected chi connectivity index (χ0v) is 45.1. The Kier molecular flexibility index (Phi) is 9.24. The van der Waals surface area contributed by atoms with Crippen molar-refractivity contribution < 1.29 is 8.83 Å². The molecule has 0 unspecified atom stereocenters. The number of aromatic amines is 2. The third-order valence-corrected chi connectivity index (χ3v) is 18.0. The van der Waals surface area contributed by atoms with Gasteiger partial charge in [0.05, 0.1) is 22.1 Å². The lowest BCUT2D eigenvalue weighted by atomic mass is 9.94. The number of H-pyrrole nitrogens is 2. The van der Waals surface area contributed by atoms with Gasteiger partial charge in [0.15, 0.2) is 0 Å². The van der Waals surface area contributed by atoms with Crippen molar-refractivity contribution >= 4 is 131 Å². The van der Waals surface area contributed by atoms with Crippen LogP contribution < -0.4 is 0 Å². The molecule has 19 aromatic rings. The van der Waals surface area contributed by atoms with Gasteiger partial charge in [0, 0.05) is 98.1 Å². The minimum Gasteiger partial charge on any atom is -0.456 e. The van der Waals surface area contributed by atoms with Crippen molar-refractivity contribution in [3.63, 3.8) is 0 Å².